The Kier molecular flexibility index (Phi) is 6.75. The van der Waals surface area contributed by atoms with Gasteiger partial charge in [0, 0.05) is 11.1 Å². The third kappa shape index (κ3) is 5.32. The van der Waals surface area contributed by atoms with Crippen LogP contribution in [0.1, 0.15) is 29.2 Å². The maximum atomic E-state index is 12.8. The minimum absolute atomic E-state index is 0.0531. The van der Waals surface area contributed by atoms with Gasteiger partial charge in [0.2, 0.25) is 0 Å². The van der Waals surface area contributed by atoms with Crippen LogP contribution >= 0.6 is 0 Å². The van der Waals surface area contributed by atoms with Crippen LogP contribution < -0.4 is 5.73 Å². The van der Waals surface area contributed by atoms with Crippen LogP contribution in [0.5, 0.6) is 0 Å². The van der Waals surface area contributed by atoms with Crippen molar-refractivity contribution in [2.45, 2.75) is 19.7 Å². The van der Waals surface area contributed by atoms with E-state index in [0.717, 1.165) is 12.1 Å². The topological polar surface area (TPSA) is 86.3 Å². The lowest BCUT2D eigenvalue weighted by Gasteiger charge is -2.10. The lowest BCUT2D eigenvalue weighted by atomic mass is 10.0. The third-order valence-corrected chi connectivity index (χ3v) is 3.72. The standard InChI is InChI=1S/C19H18F3N3O3/c1-12(13-7-5-8-15(10-13)19(20,21)22)24-28-11-14-6-3-4-9-16(14)17(18(23)26)25-27-2/h3-10H,11H2,1-2H3,(H2,23,26)/b24-12+,25-17+. The van der Waals surface area contributed by atoms with Crippen molar-refractivity contribution in [3.05, 3.63) is 70.8 Å². The monoisotopic (exact) mass is 393 g/mol. The van der Waals surface area contributed by atoms with Crippen LogP contribution in [0.3, 0.4) is 0 Å². The number of primary amides is 1. The molecule has 0 atom stereocenters. The highest BCUT2D eigenvalue weighted by molar-refractivity contribution is 6.45. The first-order valence-electron chi connectivity index (χ1n) is 8.07. The molecule has 0 spiro atoms. The summed E-state index contributed by atoms with van der Waals surface area (Å²) in [5, 5.41) is 7.49. The Balaban J connectivity index is 2.19. The summed E-state index contributed by atoms with van der Waals surface area (Å²) in [6.07, 6.45) is -4.44. The molecule has 0 aliphatic carbocycles. The Hall–Kier alpha value is -3.36. The van der Waals surface area contributed by atoms with Crippen LogP contribution in [0.15, 0.2) is 58.8 Å². The van der Waals surface area contributed by atoms with Crippen molar-refractivity contribution >= 4 is 17.3 Å². The molecule has 2 rings (SSSR count). The molecule has 0 aliphatic rings. The summed E-state index contributed by atoms with van der Waals surface area (Å²) < 4.78 is 38.5. The average Bonchev–Trinajstić information content (AvgIpc) is 2.66. The second-order valence-electron chi connectivity index (χ2n) is 5.67. The highest BCUT2D eigenvalue weighted by Gasteiger charge is 2.30. The van der Waals surface area contributed by atoms with Gasteiger partial charge < -0.3 is 15.4 Å². The van der Waals surface area contributed by atoms with Gasteiger partial charge in [0.15, 0.2) is 5.71 Å². The predicted octanol–water partition coefficient (Wildman–Crippen LogP) is 3.48. The van der Waals surface area contributed by atoms with E-state index in [1.807, 2.05) is 0 Å². The van der Waals surface area contributed by atoms with Gasteiger partial charge in [0.05, 0.1) is 11.3 Å². The van der Waals surface area contributed by atoms with E-state index in [9.17, 15) is 18.0 Å². The van der Waals surface area contributed by atoms with E-state index in [2.05, 4.69) is 15.1 Å². The van der Waals surface area contributed by atoms with Crippen molar-refractivity contribution in [1.82, 2.24) is 0 Å². The predicted molar refractivity (Wildman–Crippen MR) is 97.6 cm³/mol. The molecule has 28 heavy (non-hydrogen) atoms. The van der Waals surface area contributed by atoms with Crippen LogP contribution in [0, 0.1) is 0 Å². The zero-order chi connectivity index (χ0) is 20.7. The molecule has 0 aromatic heterocycles. The largest absolute Gasteiger partial charge is 0.416 e. The molecule has 0 heterocycles. The lowest BCUT2D eigenvalue weighted by molar-refractivity contribution is -0.137. The summed E-state index contributed by atoms with van der Waals surface area (Å²) in [4.78, 5) is 21.5. The van der Waals surface area contributed by atoms with E-state index < -0.39 is 17.6 Å². The van der Waals surface area contributed by atoms with Gasteiger partial charge in [0.25, 0.3) is 5.91 Å². The van der Waals surface area contributed by atoms with Gasteiger partial charge >= 0.3 is 6.18 Å². The van der Waals surface area contributed by atoms with Gasteiger partial charge in [-0.25, -0.2) is 0 Å². The molecule has 0 fully saturated rings. The second-order valence-corrected chi connectivity index (χ2v) is 5.67. The lowest BCUT2D eigenvalue weighted by Crippen LogP contribution is -2.25. The van der Waals surface area contributed by atoms with Crippen LogP contribution in [0.4, 0.5) is 13.2 Å². The number of benzene rings is 2. The maximum absolute atomic E-state index is 12.8. The van der Waals surface area contributed by atoms with E-state index in [0.29, 0.717) is 11.1 Å². The Morgan fingerprint density at radius 3 is 2.46 bits per heavy atom. The Morgan fingerprint density at radius 2 is 1.82 bits per heavy atom. The summed E-state index contributed by atoms with van der Waals surface area (Å²) in [6, 6.07) is 11.5. The fourth-order valence-electron chi connectivity index (χ4n) is 2.37. The minimum atomic E-state index is -4.44. The van der Waals surface area contributed by atoms with Crippen LogP contribution in [-0.4, -0.2) is 24.4 Å². The van der Waals surface area contributed by atoms with Gasteiger partial charge in [-0.15, -0.1) is 0 Å². The smallest absolute Gasteiger partial charge is 0.398 e. The van der Waals surface area contributed by atoms with Crippen molar-refractivity contribution < 1.29 is 27.6 Å². The molecule has 2 N–H and O–H groups in total. The maximum Gasteiger partial charge on any atom is 0.416 e. The number of hydrogen-bond donors (Lipinski definition) is 1. The molecular weight excluding hydrogens is 375 g/mol. The molecule has 0 unspecified atom stereocenters. The number of hydrogen-bond acceptors (Lipinski definition) is 5. The molecule has 6 nitrogen and oxygen atoms in total. The van der Waals surface area contributed by atoms with Gasteiger partial charge in [-0.3, -0.25) is 4.79 Å². The fraction of sp³-hybridized carbons (Fsp3) is 0.211. The molecule has 2 aromatic carbocycles. The Labute approximate surface area is 159 Å². The van der Waals surface area contributed by atoms with E-state index in [1.165, 1.54) is 26.2 Å². The van der Waals surface area contributed by atoms with E-state index in [-0.39, 0.29) is 23.6 Å². The van der Waals surface area contributed by atoms with Crippen LogP contribution in [0.2, 0.25) is 0 Å². The first-order chi connectivity index (χ1) is 13.2. The third-order valence-electron chi connectivity index (χ3n) is 3.72. The number of carbonyl (C=O) groups excluding carboxylic acids is 1. The van der Waals surface area contributed by atoms with E-state index in [4.69, 9.17) is 10.6 Å². The van der Waals surface area contributed by atoms with E-state index >= 15 is 0 Å². The van der Waals surface area contributed by atoms with Crippen molar-refractivity contribution in [3.63, 3.8) is 0 Å². The van der Waals surface area contributed by atoms with Crippen molar-refractivity contribution in [1.29, 1.82) is 0 Å². The molecule has 0 bridgehead atoms. The number of rotatable bonds is 7. The summed E-state index contributed by atoms with van der Waals surface area (Å²) >= 11 is 0. The number of oxime groups is 2. The molecule has 0 saturated heterocycles. The van der Waals surface area contributed by atoms with Crippen LogP contribution in [-0.2, 0) is 27.3 Å². The normalized spacial score (nSPS) is 12.6. The first-order valence-corrected chi connectivity index (χ1v) is 8.07. The minimum Gasteiger partial charge on any atom is -0.398 e. The molecule has 1 amide bonds. The molecule has 148 valence electrons. The van der Waals surface area contributed by atoms with Crippen molar-refractivity contribution in [3.8, 4) is 0 Å². The molecule has 0 saturated carbocycles. The molecule has 2 aromatic rings. The number of carbonyl (C=O) groups is 1. The summed E-state index contributed by atoms with van der Waals surface area (Å²) in [5.74, 6) is -0.780. The van der Waals surface area contributed by atoms with E-state index in [1.54, 1.807) is 24.3 Å². The number of alkyl halides is 3. The van der Waals surface area contributed by atoms with Gasteiger partial charge in [-0.2, -0.15) is 13.2 Å². The fourth-order valence-corrected chi connectivity index (χ4v) is 2.37. The van der Waals surface area contributed by atoms with Gasteiger partial charge in [-0.05, 0) is 24.6 Å². The Bertz CT molecular complexity index is 909. The summed E-state index contributed by atoms with van der Waals surface area (Å²) in [5.41, 5.74) is 5.97. The number of nitrogens with two attached hydrogens (primary N) is 1. The highest BCUT2D eigenvalue weighted by Crippen LogP contribution is 2.29. The average molecular weight is 393 g/mol. The number of amides is 1. The zero-order valence-corrected chi connectivity index (χ0v) is 15.2. The quantitative estimate of drug-likeness (QED) is 0.577. The van der Waals surface area contributed by atoms with Crippen molar-refractivity contribution in [2.75, 3.05) is 7.11 Å². The molecule has 9 heteroatoms. The number of halogens is 3. The molecule has 0 aliphatic heterocycles. The Morgan fingerprint density at radius 1 is 1.11 bits per heavy atom. The zero-order valence-electron chi connectivity index (χ0n) is 15.2. The SMILES string of the molecule is CO/N=C(/C(N)=O)c1ccccc1CO/N=C(\C)c1cccc(C(F)(F)F)c1. The highest BCUT2D eigenvalue weighted by atomic mass is 19.4. The second kappa shape index (κ2) is 9.03. The molecule has 0 radical (unpaired) electrons. The van der Waals surface area contributed by atoms with Crippen LogP contribution in [0.25, 0.3) is 0 Å². The van der Waals surface area contributed by atoms with Gasteiger partial charge in [-0.1, -0.05) is 46.7 Å². The number of nitrogens with zero attached hydrogens (tertiary/aromatic N) is 2. The molecular formula is C19H18F3N3O3. The first kappa shape index (κ1) is 20.9. The summed E-state index contributed by atoms with van der Waals surface area (Å²) in [6.45, 7) is 1.48. The van der Waals surface area contributed by atoms with Crippen molar-refractivity contribution in [2.24, 2.45) is 16.0 Å². The summed E-state index contributed by atoms with van der Waals surface area (Å²) in [7, 11) is 1.28. The van der Waals surface area contributed by atoms with Gasteiger partial charge in [0.1, 0.15) is 13.7 Å².